The molecule has 0 saturated heterocycles. The summed E-state index contributed by atoms with van der Waals surface area (Å²) >= 11 is 5.50. The van der Waals surface area contributed by atoms with E-state index in [2.05, 4.69) is 4.74 Å². The van der Waals surface area contributed by atoms with Crippen molar-refractivity contribution in [2.75, 3.05) is 7.11 Å². The molecule has 0 heterocycles. The highest BCUT2D eigenvalue weighted by Gasteiger charge is 2.36. The van der Waals surface area contributed by atoms with Gasteiger partial charge in [-0.3, -0.25) is 4.79 Å². The van der Waals surface area contributed by atoms with Gasteiger partial charge < -0.3 is 4.74 Å². The smallest absolute Gasteiger partial charge is 0.418 e. The summed E-state index contributed by atoms with van der Waals surface area (Å²) in [5.41, 5.74) is -1.54. The van der Waals surface area contributed by atoms with Crippen molar-refractivity contribution in [3.63, 3.8) is 0 Å². The van der Waals surface area contributed by atoms with Crippen molar-refractivity contribution in [1.29, 1.82) is 5.26 Å². The summed E-state index contributed by atoms with van der Waals surface area (Å²) in [4.78, 5) is 11.1. The zero-order valence-electron chi connectivity index (χ0n) is 9.14. The van der Waals surface area contributed by atoms with Crippen LogP contribution in [0, 0.1) is 11.3 Å². The van der Waals surface area contributed by atoms with E-state index in [9.17, 15) is 18.0 Å². The number of alkyl halides is 3. The Kier molecular flexibility index (Phi) is 4.19. The standard InChI is InChI=1S/C11H7ClF3NO2/c1-18-9(17)4-7-2-6(5-16)3-8(12)10(7)11(13,14)15/h2-3H,4H2,1H3. The number of halogens is 4. The average molecular weight is 278 g/mol. The molecule has 0 amide bonds. The van der Waals surface area contributed by atoms with Crippen LogP contribution < -0.4 is 0 Å². The fraction of sp³-hybridized carbons (Fsp3) is 0.273. The monoisotopic (exact) mass is 277 g/mol. The summed E-state index contributed by atoms with van der Waals surface area (Å²) in [7, 11) is 1.06. The molecule has 18 heavy (non-hydrogen) atoms. The third kappa shape index (κ3) is 3.14. The summed E-state index contributed by atoms with van der Waals surface area (Å²) < 4.78 is 42.6. The maximum atomic E-state index is 12.8. The first kappa shape index (κ1) is 14.3. The van der Waals surface area contributed by atoms with Gasteiger partial charge >= 0.3 is 12.1 Å². The van der Waals surface area contributed by atoms with Gasteiger partial charge in [-0.05, 0) is 17.7 Å². The Morgan fingerprint density at radius 1 is 1.50 bits per heavy atom. The number of nitriles is 1. The first-order chi connectivity index (χ1) is 8.29. The molecule has 0 atom stereocenters. The van der Waals surface area contributed by atoms with Crippen LogP contribution in [0.2, 0.25) is 5.02 Å². The molecule has 0 spiro atoms. The number of carbonyl (C=O) groups excluding carboxylic acids is 1. The van der Waals surface area contributed by atoms with E-state index in [0.29, 0.717) is 0 Å². The van der Waals surface area contributed by atoms with Gasteiger partial charge in [0.25, 0.3) is 0 Å². The molecular weight excluding hydrogens is 271 g/mol. The number of ether oxygens (including phenoxy) is 1. The van der Waals surface area contributed by atoms with E-state index < -0.39 is 29.2 Å². The van der Waals surface area contributed by atoms with Gasteiger partial charge in [-0.2, -0.15) is 18.4 Å². The quantitative estimate of drug-likeness (QED) is 0.781. The molecule has 96 valence electrons. The molecule has 1 rings (SSSR count). The van der Waals surface area contributed by atoms with Gasteiger partial charge in [-0.15, -0.1) is 0 Å². The highest BCUT2D eigenvalue weighted by Crippen LogP contribution is 2.38. The molecule has 3 nitrogen and oxygen atoms in total. The number of carbonyl (C=O) groups is 1. The van der Waals surface area contributed by atoms with Crippen LogP contribution in [-0.2, 0) is 22.1 Å². The van der Waals surface area contributed by atoms with E-state index in [-0.39, 0.29) is 11.1 Å². The highest BCUT2D eigenvalue weighted by molar-refractivity contribution is 6.31. The predicted octanol–water partition coefficient (Wildman–Crippen LogP) is 2.95. The number of nitrogens with zero attached hydrogens (tertiary/aromatic N) is 1. The van der Waals surface area contributed by atoms with Crippen LogP contribution in [-0.4, -0.2) is 13.1 Å². The van der Waals surface area contributed by atoms with Crippen molar-refractivity contribution in [3.05, 3.63) is 33.8 Å². The number of esters is 1. The molecule has 7 heteroatoms. The van der Waals surface area contributed by atoms with Gasteiger partial charge in [0.2, 0.25) is 0 Å². The van der Waals surface area contributed by atoms with Gasteiger partial charge in [-0.25, -0.2) is 0 Å². The number of hydrogen-bond donors (Lipinski definition) is 0. The zero-order chi connectivity index (χ0) is 13.9. The Morgan fingerprint density at radius 2 is 2.11 bits per heavy atom. The fourth-order valence-electron chi connectivity index (χ4n) is 1.41. The van der Waals surface area contributed by atoms with Crippen LogP contribution in [0.4, 0.5) is 13.2 Å². The van der Waals surface area contributed by atoms with Crippen LogP contribution >= 0.6 is 11.6 Å². The van der Waals surface area contributed by atoms with Crippen molar-refractivity contribution < 1.29 is 22.7 Å². The van der Waals surface area contributed by atoms with E-state index >= 15 is 0 Å². The molecule has 0 saturated carbocycles. The maximum absolute atomic E-state index is 12.8. The Morgan fingerprint density at radius 3 is 2.56 bits per heavy atom. The van der Waals surface area contributed by atoms with Gasteiger partial charge in [-0.1, -0.05) is 11.6 Å². The minimum atomic E-state index is -4.70. The molecule has 1 aromatic rings. The van der Waals surface area contributed by atoms with E-state index in [1.165, 1.54) is 0 Å². The summed E-state index contributed by atoms with van der Waals surface area (Å²) in [5.74, 6) is -0.841. The Balaban J connectivity index is 3.40. The van der Waals surface area contributed by atoms with Gasteiger partial charge in [0, 0.05) is 0 Å². The second kappa shape index (κ2) is 5.27. The molecular formula is C11H7ClF3NO2. The summed E-state index contributed by atoms with van der Waals surface area (Å²) in [6.45, 7) is 0. The van der Waals surface area contributed by atoms with E-state index in [0.717, 1.165) is 19.2 Å². The van der Waals surface area contributed by atoms with Crippen LogP contribution in [0.3, 0.4) is 0 Å². The SMILES string of the molecule is COC(=O)Cc1cc(C#N)cc(Cl)c1C(F)(F)F. The zero-order valence-corrected chi connectivity index (χ0v) is 9.89. The lowest BCUT2D eigenvalue weighted by Crippen LogP contribution is -2.14. The lowest BCUT2D eigenvalue weighted by atomic mass is 10.0. The largest absolute Gasteiger partial charge is 0.469 e. The fourth-order valence-corrected chi connectivity index (χ4v) is 1.76. The van der Waals surface area contributed by atoms with Crippen molar-refractivity contribution in [3.8, 4) is 6.07 Å². The number of rotatable bonds is 2. The Labute approximate surface area is 106 Å². The van der Waals surface area contributed by atoms with Gasteiger partial charge in [0.05, 0.1) is 35.7 Å². The maximum Gasteiger partial charge on any atom is 0.418 e. The van der Waals surface area contributed by atoms with Crippen LogP contribution in [0.1, 0.15) is 16.7 Å². The Bertz CT molecular complexity index is 520. The molecule has 0 aliphatic carbocycles. The molecule has 0 aliphatic heterocycles. The molecule has 1 aromatic carbocycles. The van der Waals surface area contributed by atoms with Crippen LogP contribution in [0.25, 0.3) is 0 Å². The van der Waals surface area contributed by atoms with E-state index in [1.807, 2.05) is 0 Å². The normalized spacial score (nSPS) is 10.9. The van der Waals surface area contributed by atoms with Crippen molar-refractivity contribution in [2.24, 2.45) is 0 Å². The molecule has 0 bridgehead atoms. The first-order valence-corrected chi connectivity index (χ1v) is 5.04. The number of benzene rings is 1. The second-order valence-electron chi connectivity index (χ2n) is 3.35. The van der Waals surface area contributed by atoms with Crippen molar-refractivity contribution in [2.45, 2.75) is 12.6 Å². The highest BCUT2D eigenvalue weighted by atomic mass is 35.5. The summed E-state index contributed by atoms with van der Waals surface area (Å²) in [6.07, 6.45) is -5.30. The third-order valence-electron chi connectivity index (χ3n) is 2.15. The van der Waals surface area contributed by atoms with Gasteiger partial charge in [0.1, 0.15) is 0 Å². The first-order valence-electron chi connectivity index (χ1n) is 4.66. The Hall–Kier alpha value is -1.74. The van der Waals surface area contributed by atoms with Crippen LogP contribution in [0.5, 0.6) is 0 Å². The number of methoxy groups -OCH3 is 1. The second-order valence-corrected chi connectivity index (χ2v) is 3.76. The van der Waals surface area contributed by atoms with Crippen LogP contribution in [0.15, 0.2) is 12.1 Å². The minimum absolute atomic E-state index is 0.0492. The lowest BCUT2D eigenvalue weighted by molar-refractivity contribution is -0.141. The average Bonchev–Trinajstić information content (AvgIpc) is 2.26. The number of hydrogen-bond acceptors (Lipinski definition) is 3. The summed E-state index contributed by atoms with van der Waals surface area (Å²) in [6, 6.07) is 3.56. The third-order valence-corrected chi connectivity index (χ3v) is 2.45. The van der Waals surface area contributed by atoms with Gasteiger partial charge in [0.15, 0.2) is 0 Å². The molecule has 0 radical (unpaired) electrons. The topological polar surface area (TPSA) is 50.1 Å². The predicted molar refractivity (Wildman–Crippen MR) is 56.9 cm³/mol. The molecule has 0 unspecified atom stereocenters. The molecule has 0 aliphatic rings. The van der Waals surface area contributed by atoms with Crippen molar-refractivity contribution >= 4 is 17.6 Å². The minimum Gasteiger partial charge on any atom is -0.469 e. The molecule has 0 aromatic heterocycles. The lowest BCUT2D eigenvalue weighted by Gasteiger charge is -2.14. The van der Waals surface area contributed by atoms with E-state index in [4.69, 9.17) is 16.9 Å². The summed E-state index contributed by atoms with van der Waals surface area (Å²) in [5, 5.41) is 8.05. The molecule has 0 N–H and O–H groups in total. The molecule has 0 fully saturated rings. The van der Waals surface area contributed by atoms with E-state index in [1.54, 1.807) is 6.07 Å². The van der Waals surface area contributed by atoms with Crippen molar-refractivity contribution in [1.82, 2.24) is 0 Å².